The Labute approximate surface area is 162 Å². The molecule has 0 unspecified atom stereocenters. The van der Waals surface area contributed by atoms with Crippen LogP contribution in [-0.2, 0) is 0 Å². The molecule has 144 valence electrons. The van der Waals surface area contributed by atoms with E-state index in [9.17, 15) is 4.39 Å². The number of rotatable bonds is 4. The van der Waals surface area contributed by atoms with Crippen molar-refractivity contribution < 1.29 is 9.50 Å². The summed E-state index contributed by atoms with van der Waals surface area (Å²) in [4.78, 5) is 8.48. The van der Waals surface area contributed by atoms with Crippen LogP contribution >= 0.6 is 11.3 Å². The molecule has 0 saturated carbocycles. The van der Waals surface area contributed by atoms with Gasteiger partial charge in [-0.1, -0.05) is 0 Å². The maximum absolute atomic E-state index is 13.7. The van der Waals surface area contributed by atoms with Crippen LogP contribution in [0.5, 0.6) is 0 Å². The van der Waals surface area contributed by atoms with Crippen molar-refractivity contribution in [3.05, 3.63) is 40.5 Å². The Morgan fingerprint density at radius 3 is 3.07 bits per heavy atom. The van der Waals surface area contributed by atoms with E-state index in [0.29, 0.717) is 11.7 Å². The third-order valence-electron chi connectivity index (χ3n) is 5.05. The molecule has 0 aliphatic carbocycles. The first kappa shape index (κ1) is 18.4. The number of aliphatic imine (C=N–C) groups is 1. The minimum atomic E-state index is -0.263. The zero-order valence-corrected chi connectivity index (χ0v) is 16.3. The number of aliphatic hydroxyl groups excluding tert-OH is 1. The second-order valence-corrected chi connectivity index (χ2v) is 8.39. The van der Waals surface area contributed by atoms with E-state index < -0.39 is 0 Å². The van der Waals surface area contributed by atoms with Gasteiger partial charge in [0.1, 0.15) is 16.7 Å². The molecule has 7 heteroatoms. The number of nitrogens with zero attached hydrogens (tertiary/aromatic N) is 2. The van der Waals surface area contributed by atoms with E-state index in [1.165, 1.54) is 17.0 Å². The van der Waals surface area contributed by atoms with Gasteiger partial charge in [-0.25, -0.2) is 9.38 Å². The Morgan fingerprint density at radius 2 is 2.22 bits per heavy atom. The summed E-state index contributed by atoms with van der Waals surface area (Å²) in [6.45, 7) is 5.01. The van der Waals surface area contributed by atoms with Gasteiger partial charge in [0.05, 0.1) is 16.9 Å². The van der Waals surface area contributed by atoms with Gasteiger partial charge in [0.15, 0.2) is 0 Å². The molecular weight excluding hydrogens is 363 g/mol. The van der Waals surface area contributed by atoms with Gasteiger partial charge in [-0.2, -0.15) is 0 Å². The molecule has 2 aliphatic rings. The Balaban J connectivity index is 1.66. The maximum Gasteiger partial charge on any atom is 0.139 e. The molecule has 5 nitrogen and oxygen atoms in total. The molecule has 4 rings (SSSR count). The number of fused-ring (bicyclic) bond motifs is 2. The lowest BCUT2D eigenvalue weighted by Gasteiger charge is -2.35. The summed E-state index contributed by atoms with van der Waals surface area (Å²) in [5.74, 6) is 0.696. The number of thiophene rings is 1. The van der Waals surface area contributed by atoms with Crippen LogP contribution in [0.4, 0.5) is 20.8 Å². The average molecular weight is 389 g/mol. The molecule has 2 aromatic rings. The second-order valence-electron chi connectivity index (χ2n) is 7.14. The molecule has 0 radical (unpaired) electrons. The van der Waals surface area contributed by atoms with Gasteiger partial charge in [0, 0.05) is 37.2 Å². The van der Waals surface area contributed by atoms with Gasteiger partial charge in [0.2, 0.25) is 0 Å². The van der Waals surface area contributed by atoms with E-state index in [-0.39, 0.29) is 12.4 Å². The molecule has 2 aliphatic heterocycles. The number of halogens is 1. The summed E-state index contributed by atoms with van der Waals surface area (Å²) in [5.41, 5.74) is 2.57. The molecule has 27 heavy (non-hydrogen) atoms. The molecule has 1 saturated heterocycles. The van der Waals surface area contributed by atoms with Crippen molar-refractivity contribution >= 4 is 33.5 Å². The summed E-state index contributed by atoms with van der Waals surface area (Å²) < 4.78 is 13.7. The SMILES string of the molecule is Cc1cc2c(s1)Nc1cc(F)ccc1N=C2N1CCN[C@@H](CCCCO)C1. The number of aliphatic hydroxyl groups is 1. The van der Waals surface area contributed by atoms with Gasteiger partial charge in [0.25, 0.3) is 0 Å². The van der Waals surface area contributed by atoms with Gasteiger partial charge in [-0.3, -0.25) is 0 Å². The van der Waals surface area contributed by atoms with Crippen molar-refractivity contribution in [2.75, 3.05) is 31.6 Å². The third-order valence-corrected chi connectivity index (χ3v) is 6.01. The predicted octanol–water partition coefficient (Wildman–Crippen LogP) is 3.77. The molecule has 3 heterocycles. The number of anilines is 2. The fraction of sp³-hybridized carbons (Fsp3) is 0.450. The van der Waals surface area contributed by atoms with Crippen molar-refractivity contribution in [3.8, 4) is 0 Å². The molecule has 1 fully saturated rings. The Bertz CT molecular complexity index is 851. The maximum atomic E-state index is 13.7. The summed E-state index contributed by atoms with van der Waals surface area (Å²) in [6, 6.07) is 7.26. The molecule has 0 amide bonds. The number of aryl methyl sites for hydroxylation is 1. The smallest absolute Gasteiger partial charge is 0.139 e. The second kappa shape index (κ2) is 7.96. The van der Waals surface area contributed by atoms with Crippen LogP contribution in [-0.4, -0.2) is 48.1 Å². The van der Waals surface area contributed by atoms with Crippen molar-refractivity contribution in [3.63, 3.8) is 0 Å². The summed E-state index contributed by atoms with van der Waals surface area (Å²) in [5, 5.41) is 17.0. The van der Waals surface area contributed by atoms with Crippen LogP contribution in [0.3, 0.4) is 0 Å². The molecule has 0 bridgehead atoms. The highest BCUT2D eigenvalue weighted by Crippen LogP contribution is 2.39. The number of unbranched alkanes of at least 4 members (excludes halogenated alkanes) is 1. The normalized spacial score (nSPS) is 19.0. The van der Waals surface area contributed by atoms with Crippen molar-refractivity contribution in [1.29, 1.82) is 0 Å². The van der Waals surface area contributed by atoms with Crippen LogP contribution < -0.4 is 10.6 Å². The van der Waals surface area contributed by atoms with Crippen LogP contribution in [0.25, 0.3) is 0 Å². The van der Waals surface area contributed by atoms with E-state index in [2.05, 4.69) is 28.5 Å². The lowest BCUT2D eigenvalue weighted by molar-refractivity contribution is 0.256. The standard InChI is InChI=1S/C20H25FN4OS/c1-13-10-16-19(25-8-7-22-15(12-25)4-2-3-9-26)23-17-6-5-14(21)11-18(17)24-20(16)27-13/h5-6,10-11,15,22,24,26H,2-4,7-9,12H2,1H3/t15-/m0/s1. The molecule has 3 N–H and O–H groups in total. The molecule has 1 aromatic carbocycles. The van der Waals surface area contributed by atoms with E-state index >= 15 is 0 Å². The lowest BCUT2D eigenvalue weighted by atomic mass is 10.1. The zero-order chi connectivity index (χ0) is 18.8. The fourth-order valence-electron chi connectivity index (χ4n) is 3.73. The topological polar surface area (TPSA) is 59.9 Å². The number of nitrogens with one attached hydrogen (secondary N) is 2. The fourth-order valence-corrected chi connectivity index (χ4v) is 4.65. The third kappa shape index (κ3) is 4.00. The first-order valence-corrected chi connectivity index (χ1v) is 10.3. The predicted molar refractivity (Wildman–Crippen MR) is 109 cm³/mol. The van der Waals surface area contributed by atoms with Gasteiger partial charge in [-0.15, -0.1) is 11.3 Å². The zero-order valence-electron chi connectivity index (χ0n) is 15.5. The van der Waals surface area contributed by atoms with Gasteiger partial charge < -0.3 is 20.6 Å². The van der Waals surface area contributed by atoms with E-state index in [0.717, 1.165) is 61.0 Å². The van der Waals surface area contributed by atoms with E-state index in [1.807, 2.05) is 0 Å². The largest absolute Gasteiger partial charge is 0.396 e. The lowest BCUT2D eigenvalue weighted by Crippen LogP contribution is -2.52. The molecule has 1 aromatic heterocycles. The van der Waals surface area contributed by atoms with Crippen molar-refractivity contribution in [1.82, 2.24) is 10.2 Å². The molecule has 1 atom stereocenters. The summed E-state index contributed by atoms with van der Waals surface area (Å²) >= 11 is 1.67. The Morgan fingerprint density at radius 1 is 1.33 bits per heavy atom. The van der Waals surface area contributed by atoms with Crippen molar-refractivity contribution in [2.24, 2.45) is 4.99 Å². The number of hydrogen-bond acceptors (Lipinski definition) is 6. The van der Waals surface area contributed by atoms with Crippen LogP contribution in [0.2, 0.25) is 0 Å². The monoisotopic (exact) mass is 388 g/mol. The minimum absolute atomic E-state index is 0.250. The van der Waals surface area contributed by atoms with E-state index in [4.69, 9.17) is 10.1 Å². The quantitative estimate of drug-likeness (QED) is 0.698. The first-order valence-electron chi connectivity index (χ1n) is 9.49. The average Bonchev–Trinajstić information content (AvgIpc) is 2.94. The van der Waals surface area contributed by atoms with Crippen molar-refractivity contribution in [2.45, 2.75) is 32.2 Å². The number of amidine groups is 1. The number of hydrogen-bond donors (Lipinski definition) is 3. The highest BCUT2D eigenvalue weighted by atomic mass is 32.1. The molecular formula is C20H25FN4OS. The number of benzene rings is 1. The highest BCUT2D eigenvalue weighted by Gasteiger charge is 2.27. The Kier molecular flexibility index (Phi) is 5.43. The number of piperazine rings is 1. The highest BCUT2D eigenvalue weighted by molar-refractivity contribution is 7.16. The van der Waals surface area contributed by atoms with Gasteiger partial charge >= 0.3 is 0 Å². The van der Waals surface area contributed by atoms with Crippen LogP contribution in [0, 0.1) is 12.7 Å². The minimum Gasteiger partial charge on any atom is -0.396 e. The van der Waals surface area contributed by atoms with Gasteiger partial charge in [-0.05, 0) is 50.5 Å². The molecule has 0 spiro atoms. The van der Waals surface area contributed by atoms with Crippen LogP contribution in [0.15, 0.2) is 29.3 Å². The van der Waals surface area contributed by atoms with E-state index in [1.54, 1.807) is 17.4 Å². The summed E-state index contributed by atoms with van der Waals surface area (Å²) in [7, 11) is 0. The Hall–Kier alpha value is -1.96. The van der Waals surface area contributed by atoms with Crippen LogP contribution in [0.1, 0.15) is 29.7 Å². The first-order chi connectivity index (χ1) is 13.1. The summed E-state index contributed by atoms with van der Waals surface area (Å²) in [6.07, 6.45) is 2.90.